The van der Waals surface area contributed by atoms with E-state index in [1.807, 2.05) is 6.20 Å². The molecule has 1 N–H and O–H groups in total. The molecule has 19 heavy (non-hydrogen) atoms. The van der Waals surface area contributed by atoms with Crippen molar-refractivity contribution in [3.8, 4) is 0 Å². The molecule has 1 aromatic heterocycles. The summed E-state index contributed by atoms with van der Waals surface area (Å²) >= 11 is 1.71. The largest absolute Gasteiger partial charge is 0.361 e. The van der Waals surface area contributed by atoms with Gasteiger partial charge in [0.15, 0.2) is 5.13 Å². The monoisotopic (exact) mass is 275 g/mol. The molecular formula is C15H21N3S. The zero-order valence-corrected chi connectivity index (χ0v) is 12.4. The number of hydrogen-bond acceptors (Lipinski definition) is 4. The lowest BCUT2D eigenvalue weighted by atomic mass is 10.2. The van der Waals surface area contributed by atoms with Crippen molar-refractivity contribution in [2.45, 2.75) is 19.9 Å². The van der Waals surface area contributed by atoms with Crippen molar-refractivity contribution in [1.29, 1.82) is 0 Å². The van der Waals surface area contributed by atoms with Crippen LogP contribution in [0.3, 0.4) is 0 Å². The summed E-state index contributed by atoms with van der Waals surface area (Å²) in [5.41, 5.74) is 1.37. The average Bonchev–Trinajstić information content (AvgIpc) is 2.82. The highest BCUT2D eigenvalue weighted by Crippen LogP contribution is 2.16. The van der Waals surface area contributed by atoms with Gasteiger partial charge in [-0.15, -0.1) is 11.3 Å². The number of anilines is 1. The second kappa shape index (κ2) is 7.26. The van der Waals surface area contributed by atoms with E-state index >= 15 is 0 Å². The van der Waals surface area contributed by atoms with Gasteiger partial charge in [0.05, 0.1) is 0 Å². The number of nitrogens with zero attached hydrogens (tertiary/aromatic N) is 2. The topological polar surface area (TPSA) is 28.2 Å². The standard InChI is InChI=1S/C15H21N3S/c1-13-11-17-15(19-13)16-9-6-10-18(2)12-14-7-4-3-5-8-14/h3-5,7-8,11H,6,9-10,12H2,1-2H3,(H,16,17). The van der Waals surface area contributed by atoms with E-state index in [1.54, 1.807) is 11.3 Å². The molecule has 0 saturated carbocycles. The molecule has 1 heterocycles. The zero-order chi connectivity index (χ0) is 13.5. The van der Waals surface area contributed by atoms with E-state index < -0.39 is 0 Å². The van der Waals surface area contributed by atoms with Crippen LogP contribution < -0.4 is 5.32 Å². The molecule has 0 spiro atoms. The van der Waals surface area contributed by atoms with Crippen LogP contribution in [0.5, 0.6) is 0 Å². The molecule has 0 saturated heterocycles. The Hall–Kier alpha value is -1.39. The average molecular weight is 275 g/mol. The van der Waals surface area contributed by atoms with Gasteiger partial charge in [-0.3, -0.25) is 0 Å². The predicted molar refractivity (Wildman–Crippen MR) is 82.7 cm³/mol. The summed E-state index contributed by atoms with van der Waals surface area (Å²) in [6.45, 7) is 5.16. The molecule has 0 aliphatic rings. The van der Waals surface area contributed by atoms with Gasteiger partial charge in [-0.2, -0.15) is 0 Å². The van der Waals surface area contributed by atoms with Gasteiger partial charge in [0.25, 0.3) is 0 Å². The third kappa shape index (κ3) is 5.01. The van der Waals surface area contributed by atoms with E-state index in [0.717, 1.165) is 31.2 Å². The van der Waals surface area contributed by atoms with Gasteiger partial charge >= 0.3 is 0 Å². The second-order valence-corrected chi connectivity index (χ2v) is 6.01. The highest BCUT2D eigenvalue weighted by Gasteiger charge is 2.01. The van der Waals surface area contributed by atoms with Crippen molar-refractivity contribution in [3.63, 3.8) is 0 Å². The first-order chi connectivity index (χ1) is 9.24. The molecule has 102 valence electrons. The summed E-state index contributed by atoms with van der Waals surface area (Å²) in [5.74, 6) is 0. The summed E-state index contributed by atoms with van der Waals surface area (Å²) < 4.78 is 0. The van der Waals surface area contributed by atoms with Crippen LogP contribution in [0.1, 0.15) is 16.9 Å². The minimum absolute atomic E-state index is 0.978. The molecule has 0 amide bonds. The van der Waals surface area contributed by atoms with Crippen LogP contribution in [-0.4, -0.2) is 30.0 Å². The van der Waals surface area contributed by atoms with Crippen molar-refractivity contribution in [2.75, 3.05) is 25.5 Å². The molecule has 0 fully saturated rings. The van der Waals surface area contributed by atoms with Gasteiger partial charge < -0.3 is 10.2 Å². The first-order valence-electron chi connectivity index (χ1n) is 6.63. The van der Waals surface area contributed by atoms with Crippen LogP contribution in [0, 0.1) is 6.92 Å². The highest BCUT2D eigenvalue weighted by atomic mass is 32.1. The highest BCUT2D eigenvalue weighted by molar-refractivity contribution is 7.15. The molecule has 2 aromatic rings. The molecule has 0 unspecified atom stereocenters. The van der Waals surface area contributed by atoms with E-state index in [0.29, 0.717) is 0 Å². The van der Waals surface area contributed by atoms with Gasteiger partial charge in [-0.05, 0) is 32.5 Å². The maximum absolute atomic E-state index is 4.29. The number of nitrogens with one attached hydrogen (secondary N) is 1. The van der Waals surface area contributed by atoms with E-state index in [1.165, 1.54) is 10.4 Å². The van der Waals surface area contributed by atoms with Gasteiger partial charge in [-0.25, -0.2) is 4.98 Å². The molecular weight excluding hydrogens is 254 g/mol. The fourth-order valence-corrected chi connectivity index (χ4v) is 2.64. The Labute approximate surface area is 119 Å². The van der Waals surface area contributed by atoms with E-state index in [2.05, 4.69) is 59.5 Å². The Morgan fingerprint density at radius 2 is 2.05 bits per heavy atom. The van der Waals surface area contributed by atoms with Crippen LogP contribution in [0.15, 0.2) is 36.5 Å². The van der Waals surface area contributed by atoms with Gasteiger partial charge in [0.2, 0.25) is 0 Å². The summed E-state index contributed by atoms with van der Waals surface area (Å²) in [5, 5.41) is 4.40. The molecule has 0 aliphatic heterocycles. The van der Waals surface area contributed by atoms with E-state index in [4.69, 9.17) is 0 Å². The number of aromatic nitrogens is 1. The van der Waals surface area contributed by atoms with Crippen LogP contribution in [0.2, 0.25) is 0 Å². The SMILES string of the molecule is Cc1cnc(NCCCN(C)Cc2ccccc2)s1. The van der Waals surface area contributed by atoms with Gasteiger partial charge in [-0.1, -0.05) is 30.3 Å². The Kier molecular flexibility index (Phi) is 5.36. The minimum atomic E-state index is 0.978. The van der Waals surface area contributed by atoms with Crippen LogP contribution in [0.4, 0.5) is 5.13 Å². The second-order valence-electron chi connectivity index (χ2n) is 4.78. The molecule has 4 heteroatoms. The third-order valence-corrected chi connectivity index (χ3v) is 3.78. The lowest BCUT2D eigenvalue weighted by Gasteiger charge is -2.16. The molecule has 2 rings (SSSR count). The first kappa shape index (κ1) is 14.0. The molecule has 0 bridgehead atoms. The van der Waals surface area contributed by atoms with E-state index in [-0.39, 0.29) is 0 Å². The third-order valence-electron chi connectivity index (χ3n) is 2.91. The Morgan fingerprint density at radius 1 is 1.26 bits per heavy atom. The molecule has 0 aliphatic carbocycles. The normalized spacial score (nSPS) is 10.9. The van der Waals surface area contributed by atoms with Crippen LogP contribution in [-0.2, 0) is 6.54 Å². The number of aryl methyl sites for hydroxylation is 1. The van der Waals surface area contributed by atoms with Crippen molar-refractivity contribution in [1.82, 2.24) is 9.88 Å². The number of hydrogen-bond donors (Lipinski definition) is 1. The minimum Gasteiger partial charge on any atom is -0.361 e. The zero-order valence-electron chi connectivity index (χ0n) is 11.6. The number of thiazole rings is 1. The number of rotatable bonds is 7. The van der Waals surface area contributed by atoms with Gasteiger partial charge in [0, 0.05) is 24.2 Å². The summed E-state index contributed by atoms with van der Waals surface area (Å²) in [6.07, 6.45) is 3.04. The summed E-state index contributed by atoms with van der Waals surface area (Å²) in [4.78, 5) is 7.90. The molecule has 0 radical (unpaired) electrons. The fourth-order valence-electron chi connectivity index (χ4n) is 1.95. The molecule has 0 atom stereocenters. The van der Waals surface area contributed by atoms with E-state index in [9.17, 15) is 0 Å². The summed E-state index contributed by atoms with van der Waals surface area (Å²) in [6, 6.07) is 10.6. The lowest BCUT2D eigenvalue weighted by molar-refractivity contribution is 0.325. The first-order valence-corrected chi connectivity index (χ1v) is 7.44. The Morgan fingerprint density at radius 3 is 2.74 bits per heavy atom. The van der Waals surface area contributed by atoms with Crippen LogP contribution in [0.25, 0.3) is 0 Å². The Bertz CT molecular complexity index is 481. The predicted octanol–water partition coefficient (Wildman–Crippen LogP) is 3.39. The summed E-state index contributed by atoms with van der Waals surface area (Å²) in [7, 11) is 2.17. The maximum Gasteiger partial charge on any atom is 0.182 e. The quantitative estimate of drug-likeness (QED) is 0.785. The van der Waals surface area contributed by atoms with Crippen molar-refractivity contribution >= 4 is 16.5 Å². The Balaban J connectivity index is 1.63. The molecule has 1 aromatic carbocycles. The smallest absolute Gasteiger partial charge is 0.182 e. The van der Waals surface area contributed by atoms with Crippen molar-refractivity contribution in [2.24, 2.45) is 0 Å². The van der Waals surface area contributed by atoms with Crippen LogP contribution >= 0.6 is 11.3 Å². The van der Waals surface area contributed by atoms with Crippen molar-refractivity contribution in [3.05, 3.63) is 47.0 Å². The maximum atomic E-state index is 4.29. The van der Waals surface area contributed by atoms with Crippen molar-refractivity contribution < 1.29 is 0 Å². The molecule has 3 nitrogen and oxygen atoms in total. The van der Waals surface area contributed by atoms with Gasteiger partial charge in [0.1, 0.15) is 0 Å². The number of benzene rings is 1. The fraction of sp³-hybridized carbons (Fsp3) is 0.400. The lowest BCUT2D eigenvalue weighted by Crippen LogP contribution is -2.21.